The Morgan fingerprint density at radius 3 is 0.792 bits per heavy atom. The average Bonchev–Trinajstić information content (AvgIpc) is 3.43. The van der Waals surface area contributed by atoms with Crippen molar-refractivity contribution in [3.05, 3.63) is 85.1 Å². The Labute approximate surface area is 477 Å². The number of hydrogen-bond acceptors (Lipinski definition) is 6. The van der Waals surface area contributed by atoms with Crippen LogP contribution in [0.5, 0.6) is 0 Å². The molecule has 0 radical (unpaired) electrons. The van der Waals surface area contributed by atoms with Crippen LogP contribution >= 0.6 is 0 Å². The van der Waals surface area contributed by atoms with Crippen molar-refractivity contribution in [3.63, 3.8) is 0 Å². The number of hydrogen-bond donors (Lipinski definition) is 0. The molecule has 0 aliphatic heterocycles. The van der Waals surface area contributed by atoms with E-state index < -0.39 is 6.10 Å². The van der Waals surface area contributed by atoms with Crippen LogP contribution in [0, 0.1) is 0 Å². The third kappa shape index (κ3) is 63.3. The fraction of sp³-hybridized carbons (Fsp3) is 0.761. The van der Waals surface area contributed by atoms with Gasteiger partial charge in [-0.1, -0.05) is 318 Å². The monoisotopic (exact) mass is 1070 g/mol. The Morgan fingerprint density at radius 1 is 0.273 bits per heavy atom. The number of rotatable bonds is 60. The van der Waals surface area contributed by atoms with E-state index in [0.717, 1.165) is 103 Å². The normalized spacial score (nSPS) is 12.6. The maximum Gasteiger partial charge on any atom is 0.306 e. The van der Waals surface area contributed by atoms with Crippen LogP contribution in [0.1, 0.15) is 329 Å². The van der Waals surface area contributed by atoms with Crippen molar-refractivity contribution in [2.45, 2.75) is 335 Å². The maximum atomic E-state index is 12.9. The third-order valence-electron chi connectivity index (χ3n) is 14.4. The van der Waals surface area contributed by atoms with E-state index >= 15 is 0 Å². The van der Waals surface area contributed by atoms with Gasteiger partial charge in [0.2, 0.25) is 0 Å². The smallest absolute Gasteiger partial charge is 0.306 e. The van der Waals surface area contributed by atoms with Crippen LogP contribution in [0.25, 0.3) is 0 Å². The van der Waals surface area contributed by atoms with Crippen molar-refractivity contribution in [2.24, 2.45) is 0 Å². The number of allylic oxidation sites excluding steroid dienone is 14. The minimum absolute atomic E-state index is 0.0700. The van der Waals surface area contributed by atoms with Gasteiger partial charge in [-0.15, -0.1) is 0 Å². The molecule has 0 rings (SSSR count). The molecule has 0 fully saturated rings. The van der Waals surface area contributed by atoms with Gasteiger partial charge in [0.15, 0.2) is 6.10 Å². The zero-order chi connectivity index (χ0) is 55.7. The molecule has 0 spiro atoms. The average molecular weight is 1070 g/mol. The highest BCUT2D eigenvalue weighted by Crippen LogP contribution is 2.17. The lowest BCUT2D eigenvalue weighted by atomic mass is 10.0. The number of unbranched alkanes of at least 4 members (excludes halogenated alkanes) is 35. The largest absolute Gasteiger partial charge is 0.462 e. The second-order valence-corrected chi connectivity index (χ2v) is 22.0. The minimum Gasteiger partial charge on any atom is -0.462 e. The molecule has 6 heteroatoms. The zero-order valence-corrected chi connectivity index (χ0v) is 51.0. The van der Waals surface area contributed by atoms with E-state index in [9.17, 15) is 14.4 Å². The van der Waals surface area contributed by atoms with E-state index in [1.54, 1.807) is 0 Å². The summed E-state index contributed by atoms with van der Waals surface area (Å²) < 4.78 is 16.9. The van der Waals surface area contributed by atoms with E-state index in [1.807, 2.05) is 0 Å². The Bertz CT molecular complexity index is 1470. The van der Waals surface area contributed by atoms with Gasteiger partial charge >= 0.3 is 17.9 Å². The van der Waals surface area contributed by atoms with Gasteiger partial charge in [0.05, 0.1) is 0 Å². The Hall–Kier alpha value is -3.41. The predicted molar refractivity (Wildman–Crippen MR) is 334 cm³/mol. The summed E-state index contributed by atoms with van der Waals surface area (Å²) >= 11 is 0. The lowest BCUT2D eigenvalue weighted by Crippen LogP contribution is -2.30. The topological polar surface area (TPSA) is 78.9 Å². The van der Waals surface area contributed by atoms with E-state index in [4.69, 9.17) is 14.2 Å². The van der Waals surface area contributed by atoms with Crippen molar-refractivity contribution < 1.29 is 28.6 Å². The van der Waals surface area contributed by atoms with Crippen LogP contribution < -0.4 is 0 Å². The molecule has 0 saturated carbocycles. The summed E-state index contributed by atoms with van der Waals surface area (Å²) in [5.41, 5.74) is 0. The number of esters is 3. The van der Waals surface area contributed by atoms with E-state index in [-0.39, 0.29) is 31.1 Å². The van der Waals surface area contributed by atoms with Gasteiger partial charge in [0, 0.05) is 19.3 Å². The fourth-order valence-corrected chi connectivity index (χ4v) is 9.48. The molecule has 0 amide bonds. The van der Waals surface area contributed by atoms with Crippen molar-refractivity contribution >= 4 is 17.9 Å². The van der Waals surface area contributed by atoms with Crippen molar-refractivity contribution in [1.82, 2.24) is 0 Å². The number of carbonyl (C=O) groups is 3. The lowest BCUT2D eigenvalue weighted by Gasteiger charge is -2.18. The van der Waals surface area contributed by atoms with Crippen LogP contribution in [0.4, 0.5) is 0 Å². The van der Waals surface area contributed by atoms with Crippen LogP contribution in [-0.2, 0) is 28.6 Å². The van der Waals surface area contributed by atoms with E-state index in [0.29, 0.717) is 19.3 Å². The summed E-state index contributed by atoms with van der Waals surface area (Å²) in [6.45, 7) is 6.55. The molecule has 0 N–H and O–H groups in total. The van der Waals surface area contributed by atoms with Crippen LogP contribution in [0.3, 0.4) is 0 Å². The first-order chi connectivity index (χ1) is 38.0. The predicted octanol–water partition coefficient (Wildman–Crippen LogP) is 22.7. The zero-order valence-electron chi connectivity index (χ0n) is 51.0. The van der Waals surface area contributed by atoms with Crippen LogP contribution in [0.2, 0.25) is 0 Å². The van der Waals surface area contributed by atoms with Crippen molar-refractivity contribution in [3.8, 4) is 0 Å². The molecule has 0 aromatic heterocycles. The first-order valence-corrected chi connectivity index (χ1v) is 33.1. The summed E-state index contributed by atoms with van der Waals surface area (Å²) in [7, 11) is 0. The molecule has 6 nitrogen and oxygen atoms in total. The summed E-state index contributed by atoms with van der Waals surface area (Å²) in [6, 6.07) is 0. The Kier molecular flexibility index (Phi) is 62.2. The molecule has 444 valence electrons. The molecule has 0 aliphatic rings. The molecule has 1 atom stereocenters. The van der Waals surface area contributed by atoms with Crippen molar-refractivity contribution in [1.29, 1.82) is 0 Å². The summed E-state index contributed by atoms with van der Waals surface area (Å²) in [4.78, 5) is 38.2. The third-order valence-corrected chi connectivity index (χ3v) is 14.4. The second kappa shape index (κ2) is 65.1. The van der Waals surface area contributed by atoms with Crippen LogP contribution in [-0.4, -0.2) is 37.2 Å². The molecule has 0 aromatic rings. The Morgan fingerprint density at radius 2 is 0.506 bits per heavy atom. The number of ether oxygens (including phenoxy) is 3. The van der Waals surface area contributed by atoms with E-state index in [2.05, 4.69) is 106 Å². The SMILES string of the molecule is CC/C=C\C/C=C\C/C=C\C/C=C\C/C=C\C/C=C\C/C=C\CCCCCCCCCCCCCCCC(=O)OCC(COC(=O)CCCCCCCCCCCC)OC(=O)CCCCCCCCCCCCCCCC. The van der Waals surface area contributed by atoms with Crippen LogP contribution in [0.15, 0.2) is 85.1 Å². The quantitative estimate of drug-likeness (QED) is 0.0261. The second-order valence-electron chi connectivity index (χ2n) is 22.0. The maximum absolute atomic E-state index is 12.9. The van der Waals surface area contributed by atoms with Gasteiger partial charge in [0.25, 0.3) is 0 Å². The molecular weight excluding hydrogens is 949 g/mol. The highest BCUT2D eigenvalue weighted by Gasteiger charge is 2.19. The Balaban J connectivity index is 4.08. The van der Waals surface area contributed by atoms with Gasteiger partial charge in [-0.25, -0.2) is 0 Å². The molecule has 0 saturated heterocycles. The first kappa shape index (κ1) is 73.6. The summed E-state index contributed by atoms with van der Waals surface area (Å²) in [5.74, 6) is -0.857. The molecular formula is C71H124O6. The molecule has 0 heterocycles. The summed E-state index contributed by atoms with van der Waals surface area (Å²) in [5, 5.41) is 0. The first-order valence-electron chi connectivity index (χ1n) is 33.1. The number of carbonyl (C=O) groups excluding carboxylic acids is 3. The lowest BCUT2D eigenvalue weighted by molar-refractivity contribution is -0.167. The van der Waals surface area contributed by atoms with Gasteiger partial charge in [-0.2, -0.15) is 0 Å². The van der Waals surface area contributed by atoms with Crippen molar-refractivity contribution in [2.75, 3.05) is 13.2 Å². The fourth-order valence-electron chi connectivity index (χ4n) is 9.48. The highest BCUT2D eigenvalue weighted by atomic mass is 16.6. The standard InChI is InChI=1S/C71H124O6/c1-4-7-10-13-16-19-22-24-26-27-28-29-30-31-32-33-34-35-36-37-38-39-40-41-42-43-44-45-46-48-49-52-55-58-61-64-70(73)76-67-68(66-75-69(72)63-60-57-54-51-21-18-15-12-9-6-3)77-71(74)65-62-59-56-53-50-47-25-23-20-17-14-11-8-5-2/h7,10,16,19,24,26,28-29,31-32,34-35,37-38,68H,4-6,8-9,11-15,17-18,20-23,25,27,30,33,36,39-67H2,1-3H3/b10-7-,19-16-,26-24-,29-28-,32-31-,35-34-,38-37-. The van der Waals surface area contributed by atoms with Gasteiger partial charge in [-0.05, 0) is 77.0 Å². The summed E-state index contributed by atoms with van der Waals surface area (Å²) in [6.07, 6.45) is 86.1. The van der Waals surface area contributed by atoms with Gasteiger partial charge < -0.3 is 14.2 Å². The molecule has 77 heavy (non-hydrogen) atoms. The highest BCUT2D eigenvalue weighted by molar-refractivity contribution is 5.71. The molecule has 1 unspecified atom stereocenters. The minimum atomic E-state index is -0.771. The molecule has 0 bridgehead atoms. The van der Waals surface area contributed by atoms with E-state index in [1.165, 1.54) is 186 Å². The van der Waals surface area contributed by atoms with Gasteiger partial charge in [-0.3, -0.25) is 14.4 Å². The molecule has 0 aliphatic carbocycles. The van der Waals surface area contributed by atoms with Gasteiger partial charge in [0.1, 0.15) is 13.2 Å². The molecule has 0 aromatic carbocycles.